The zero-order chi connectivity index (χ0) is 12.0. The molecule has 0 atom stereocenters. The minimum atomic E-state index is -0.242. The van der Waals surface area contributed by atoms with Crippen molar-refractivity contribution in [1.29, 1.82) is 0 Å². The SMILES string of the molecule is NC(=O)CCCNCc1ccc(Br)c(Br)c1. The fourth-order valence-corrected chi connectivity index (χ4v) is 1.94. The van der Waals surface area contributed by atoms with Gasteiger partial charge in [-0.3, -0.25) is 4.79 Å². The van der Waals surface area contributed by atoms with Gasteiger partial charge in [-0.15, -0.1) is 0 Å². The van der Waals surface area contributed by atoms with Crippen molar-refractivity contribution < 1.29 is 4.79 Å². The summed E-state index contributed by atoms with van der Waals surface area (Å²) in [7, 11) is 0. The van der Waals surface area contributed by atoms with E-state index in [-0.39, 0.29) is 5.91 Å². The van der Waals surface area contributed by atoms with Crippen LogP contribution in [0.4, 0.5) is 0 Å². The minimum Gasteiger partial charge on any atom is -0.370 e. The van der Waals surface area contributed by atoms with Crippen molar-refractivity contribution in [3.63, 3.8) is 0 Å². The van der Waals surface area contributed by atoms with E-state index in [1.165, 1.54) is 5.56 Å². The molecule has 0 bridgehead atoms. The van der Waals surface area contributed by atoms with Gasteiger partial charge in [-0.2, -0.15) is 0 Å². The smallest absolute Gasteiger partial charge is 0.217 e. The van der Waals surface area contributed by atoms with Crippen LogP contribution in [0.25, 0.3) is 0 Å². The van der Waals surface area contributed by atoms with Crippen molar-refractivity contribution in [2.45, 2.75) is 19.4 Å². The van der Waals surface area contributed by atoms with E-state index >= 15 is 0 Å². The van der Waals surface area contributed by atoms with Crippen LogP contribution in [0.1, 0.15) is 18.4 Å². The van der Waals surface area contributed by atoms with E-state index in [0.717, 1.165) is 28.5 Å². The van der Waals surface area contributed by atoms with Gasteiger partial charge in [0.25, 0.3) is 0 Å². The van der Waals surface area contributed by atoms with E-state index < -0.39 is 0 Å². The summed E-state index contributed by atoms with van der Waals surface area (Å²) >= 11 is 6.87. The third kappa shape index (κ3) is 5.09. The van der Waals surface area contributed by atoms with E-state index in [2.05, 4.69) is 49.3 Å². The van der Waals surface area contributed by atoms with Gasteiger partial charge >= 0.3 is 0 Å². The number of nitrogens with two attached hydrogens (primary N) is 1. The van der Waals surface area contributed by atoms with E-state index in [1.54, 1.807) is 0 Å². The van der Waals surface area contributed by atoms with Gasteiger partial charge in [0, 0.05) is 21.9 Å². The van der Waals surface area contributed by atoms with Gasteiger partial charge in [0.1, 0.15) is 0 Å². The number of rotatable bonds is 6. The van der Waals surface area contributed by atoms with Crippen molar-refractivity contribution in [3.05, 3.63) is 32.7 Å². The number of halogens is 2. The Balaban J connectivity index is 2.27. The van der Waals surface area contributed by atoms with E-state index in [4.69, 9.17) is 5.73 Å². The van der Waals surface area contributed by atoms with Crippen LogP contribution in [0.2, 0.25) is 0 Å². The molecule has 3 nitrogen and oxygen atoms in total. The fraction of sp³-hybridized carbons (Fsp3) is 0.364. The number of benzene rings is 1. The second-order valence-corrected chi connectivity index (χ2v) is 5.20. The first-order valence-electron chi connectivity index (χ1n) is 5.02. The van der Waals surface area contributed by atoms with Crippen molar-refractivity contribution in [3.8, 4) is 0 Å². The fourth-order valence-electron chi connectivity index (χ4n) is 1.27. The molecule has 1 aromatic rings. The minimum absolute atomic E-state index is 0.242. The van der Waals surface area contributed by atoms with Gasteiger partial charge in [-0.25, -0.2) is 0 Å². The van der Waals surface area contributed by atoms with Crippen LogP contribution in [0.15, 0.2) is 27.1 Å². The van der Waals surface area contributed by atoms with Crippen molar-refractivity contribution in [2.75, 3.05) is 6.54 Å². The normalized spacial score (nSPS) is 10.4. The van der Waals surface area contributed by atoms with Crippen molar-refractivity contribution in [1.82, 2.24) is 5.32 Å². The molecule has 0 radical (unpaired) electrons. The number of hydrogen-bond acceptors (Lipinski definition) is 2. The summed E-state index contributed by atoms with van der Waals surface area (Å²) in [6.07, 6.45) is 1.23. The molecule has 0 heterocycles. The summed E-state index contributed by atoms with van der Waals surface area (Å²) in [6, 6.07) is 6.12. The van der Waals surface area contributed by atoms with Crippen LogP contribution in [0.3, 0.4) is 0 Å². The Bertz CT molecular complexity index is 369. The Morgan fingerprint density at radius 3 is 2.69 bits per heavy atom. The molecule has 3 N–H and O–H groups in total. The Labute approximate surface area is 112 Å². The Hall–Kier alpha value is -0.390. The Morgan fingerprint density at radius 1 is 1.31 bits per heavy atom. The summed E-state index contributed by atoms with van der Waals surface area (Å²) in [4.78, 5) is 10.5. The molecule has 1 amide bonds. The molecular weight excluding hydrogens is 336 g/mol. The van der Waals surface area contributed by atoms with Crippen LogP contribution in [-0.4, -0.2) is 12.5 Å². The predicted octanol–water partition coefficient (Wildman–Crippen LogP) is 2.57. The average molecular weight is 350 g/mol. The second-order valence-electron chi connectivity index (χ2n) is 3.50. The molecule has 0 fully saturated rings. The first kappa shape index (κ1) is 13.7. The molecule has 5 heteroatoms. The maximum Gasteiger partial charge on any atom is 0.217 e. The molecule has 0 unspecified atom stereocenters. The van der Waals surface area contributed by atoms with Gasteiger partial charge in [-0.1, -0.05) is 6.07 Å². The van der Waals surface area contributed by atoms with E-state index in [1.807, 2.05) is 6.07 Å². The predicted molar refractivity (Wildman–Crippen MR) is 72.0 cm³/mol. The third-order valence-electron chi connectivity index (χ3n) is 2.09. The molecular formula is C11H14Br2N2O. The van der Waals surface area contributed by atoms with Gasteiger partial charge in [0.2, 0.25) is 5.91 Å². The summed E-state index contributed by atoms with van der Waals surface area (Å²) in [5, 5.41) is 3.26. The topological polar surface area (TPSA) is 55.1 Å². The number of hydrogen-bond donors (Lipinski definition) is 2. The zero-order valence-electron chi connectivity index (χ0n) is 8.80. The highest BCUT2D eigenvalue weighted by molar-refractivity contribution is 9.13. The van der Waals surface area contributed by atoms with E-state index in [9.17, 15) is 4.79 Å². The number of amides is 1. The molecule has 0 saturated carbocycles. The van der Waals surface area contributed by atoms with Gasteiger partial charge < -0.3 is 11.1 Å². The van der Waals surface area contributed by atoms with Crippen molar-refractivity contribution in [2.24, 2.45) is 5.73 Å². The van der Waals surface area contributed by atoms with Crippen LogP contribution < -0.4 is 11.1 Å². The molecule has 0 saturated heterocycles. The molecule has 0 aliphatic carbocycles. The van der Waals surface area contributed by atoms with Crippen molar-refractivity contribution >= 4 is 37.8 Å². The lowest BCUT2D eigenvalue weighted by Gasteiger charge is -2.05. The molecule has 1 rings (SSSR count). The lowest BCUT2D eigenvalue weighted by Crippen LogP contribution is -2.18. The molecule has 0 aliphatic rings. The first-order chi connectivity index (χ1) is 7.59. The maximum absolute atomic E-state index is 10.5. The third-order valence-corrected chi connectivity index (χ3v) is 3.97. The zero-order valence-corrected chi connectivity index (χ0v) is 12.0. The molecule has 1 aromatic carbocycles. The maximum atomic E-state index is 10.5. The van der Waals surface area contributed by atoms with Crippen LogP contribution >= 0.6 is 31.9 Å². The summed E-state index contributed by atoms with van der Waals surface area (Å²) in [5.41, 5.74) is 6.25. The largest absolute Gasteiger partial charge is 0.370 e. The van der Waals surface area contributed by atoms with Gasteiger partial charge in [0.05, 0.1) is 0 Å². The second kappa shape index (κ2) is 7.04. The number of carbonyl (C=O) groups is 1. The summed E-state index contributed by atoms with van der Waals surface area (Å²) < 4.78 is 2.09. The standard InChI is InChI=1S/C11H14Br2N2O/c12-9-4-3-8(6-10(9)13)7-15-5-1-2-11(14)16/h3-4,6,15H,1-2,5,7H2,(H2,14,16). The summed E-state index contributed by atoms with van der Waals surface area (Å²) in [5.74, 6) is -0.242. The van der Waals surface area contributed by atoms with Gasteiger partial charge in [-0.05, 0) is 62.5 Å². The number of nitrogens with one attached hydrogen (secondary N) is 1. The molecule has 0 aromatic heterocycles. The highest BCUT2D eigenvalue weighted by atomic mass is 79.9. The average Bonchev–Trinajstić information content (AvgIpc) is 2.22. The first-order valence-corrected chi connectivity index (χ1v) is 6.61. The number of carbonyl (C=O) groups excluding carboxylic acids is 1. The highest BCUT2D eigenvalue weighted by Gasteiger charge is 1.99. The monoisotopic (exact) mass is 348 g/mol. The Morgan fingerprint density at radius 2 is 2.06 bits per heavy atom. The molecule has 16 heavy (non-hydrogen) atoms. The highest BCUT2D eigenvalue weighted by Crippen LogP contribution is 2.23. The van der Waals surface area contributed by atoms with Gasteiger partial charge in [0.15, 0.2) is 0 Å². The van der Waals surface area contributed by atoms with Crippen LogP contribution in [0.5, 0.6) is 0 Å². The summed E-state index contributed by atoms with van der Waals surface area (Å²) in [6.45, 7) is 1.60. The molecule has 88 valence electrons. The van der Waals surface area contributed by atoms with Crippen LogP contribution in [-0.2, 0) is 11.3 Å². The lowest BCUT2D eigenvalue weighted by molar-refractivity contribution is -0.118. The molecule has 0 aliphatic heterocycles. The molecule has 0 spiro atoms. The number of primary amides is 1. The lowest BCUT2D eigenvalue weighted by atomic mass is 10.2. The van der Waals surface area contributed by atoms with Crippen LogP contribution in [0, 0.1) is 0 Å². The quantitative estimate of drug-likeness (QED) is 0.775. The Kier molecular flexibility index (Phi) is 6.01. The van der Waals surface area contributed by atoms with E-state index in [0.29, 0.717) is 6.42 Å².